The lowest BCUT2D eigenvalue weighted by atomic mass is 10.1. The minimum atomic E-state index is -0.729. The van der Waals surface area contributed by atoms with E-state index in [9.17, 15) is 14.4 Å². The van der Waals surface area contributed by atoms with Crippen molar-refractivity contribution in [1.82, 2.24) is 4.90 Å². The van der Waals surface area contributed by atoms with Crippen molar-refractivity contribution in [3.8, 4) is 0 Å². The molecule has 1 aliphatic rings. The van der Waals surface area contributed by atoms with Gasteiger partial charge in [0.25, 0.3) is 0 Å². The molecule has 0 aromatic heterocycles. The lowest BCUT2D eigenvalue weighted by Crippen LogP contribution is -2.44. The van der Waals surface area contributed by atoms with Gasteiger partial charge >= 0.3 is 18.0 Å². The number of ether oxygens (including phenoxy) is 2. The van der Waals surface area contributed by atoms with Crippen LogP contribution in [0.2, 0.25) is 0 Å². The zero-order valence-electron chi connectivity index (χ0n) is 13.5. The van der Waals surface area contributed by atoms with Crippen LogP contribution >= 0.6 is 0 Å². The summed E-state index contributed by atoms with van der Waals surface area (Å²) >= 11 is 0. The van der Waals surface area contributed by atoms with Crippen LogP contribution in [0.4, 0.5) is 4.79 Å². The molecular formula is C15H25NO5. The van der Waals surface area contributed by atoms with Crippen LogP contribution in [0.1, 0.15) is 53.9 Å². The topological polar surface area (TPSA) is 72.9 Å². The number of nitrogens with zero attached hydrogens (tertiary/aromatic N) is 1. The van der Waals surface area contributed by atoms with Crippen molar-refractivity contribution in [2.24, 2.45) is 5.92 Å². The third-order valence-electron chi connectivity index (χ3n) is 3.37. The summed E-state index contributed by atoms with van der Waals surface area (Å²) in [7, 11) is 0. The summed E-state index contributed by atoms with van der Waals surface area (Å²) in [4.78, 5) is 37.1. The molecule has 0 bridgehead atoms. The summed E-state index contributed by atoms with van der Waals surface area (Å²) in [5.74, 6) is -1.53. The van der Waals surface area contributed by atoms with Crippen LogP contribution in [0.15, 0.2) is 0 Å². The Kier molecular flexibility index (Phi) is 5.75. The van der Waals surface area contributed by atoms with Gasteiger partial charge < -0.3 is 9.47 Å². The third kappa shape index (κ3) is 5.02. The van der Waals surface area contributed by atoms with Crippen molar-refractivity contribution in [1.29, 1.82) is 0 Å². The second kappa shape index (κ2) is 6.91. The van der Waals surface area contributed by atoms with Crippen molar-refractivity contribution in [2.45, 2.75) is 65.5 Å². The number of hydrogen-bond donors (Lipinski definition) is 0. The monoisotopic (exact) mass is 299 g/mol. The highest BCUT2D eigenvalue weighted by Gasteiger charge is 2.38. The summed E-state index contributed by atoms with van der Waals surface area (Å²) in [5.41, 5.74) is -0.624. The maximum absolute atomic E-state index is 12.1. The van der Waals surface area contributed by atoms with Crippen LogP contribution in [0.25, 0.3) is 0 Å². The van der Waals surface area contributed by atoms with Crippen LogP contribution in [-0.2, 0) is 19.1 Å². The minimum Gasteiger partial charge on any atom is -0.444 e. The molecule has 2 atom stereocenters. The Hall–Kier alpha value is -1.59. The number of rotatable bonds is 3. The number of likely N-dealkylation sites (tertiary alicyclic amines) is 1. The molecule has 1 saturated heterocycles. The van der Waals surface area contributed by atoms with E-state index in [4.69, 9.17) is 9.47 Å². The van der Waals surface area contributed by atoms with Gasteiger partial charge in [-0.25, -0.2) is 9.59 Å². The molecule has 1 aliphatic heterocycles. The van der Waals surface area contributed by atoms with Gasteiger partial charge in [-0.05, 0) is 40.0 Å². The normalized spacial score (nSPS) is 20.0. The molecule has 2 unspecified atom stereocenters. The predicted molar refractivity (Wildman–Crippen MR) is 76.5 cm³/mol. The summed E-state index contributed by atoms with van der Waals surface area (Å²) in [6, 6.07) is -0.729. The fourth-order valence-corrected chi connectivity index (χ4v) is 1.99. The van der Waals surface area contributed by atoms with Gasteiger partial charge in [0.2, 0.25) is 0 Å². The molecule has 0 radical (unpaired) electrons. The molecule has 6 heteroatoms. The van der Waals surface area contributed by atoms with E-state index in [0.29, 0.717) is 25.8 Å². The third-order valence-corrected chi connectivity index (χ3v) is 3.37. The second-order valence-electron chi connectivity index (χ2n) is 6.38. The van der Waals surface area contributed by atoms with Gasteiger partial charge in [-0.1, -0.05) is 13.8 Å². The first kappa shape index (κ1) is 17.5. The zero-order valence-corrected chi connectivity index (χ0v) is 13.5. The summed E-state index contributed by atoms with van der Waals surface area (Å²) in [5, 5.41) is 0. The maximum Gasteiger partial charge on any atom is 0.411 e. The lowest BCUT2D eigenvalue weighted by molar-refractivity contribution is -0.165. The Morgan fingerprint density at radius 2 is 1.90 bits per heavy atom. The first-order valence-electron chi connectivity index (χ1n) is 7.41. The van der Waals surface area contributed by atoms with Gasteiger partial charge in [0.15, 0.2) is 0 Å². The number of carbonyl (C=O) groups excluding carboxylic acids is 3. The van der Waals surface area contributed by atoms with Crippen molar-refractivity contribution in [3.05, 3.63) is 0 Å². The lowest BCUT2D eigenvalue weighted by Gasteiger charge is -2.27. The molecule has 1 fully saturated rings. The Labute approximate surface area is 125 Å². The Morgan fingerprint density at radius 1 is 1.29 bits per heavy atom. The van der Waals surface area contributed by atoms with E-state index in [2.05, 4.69) is 0 Å². The molecular weight excluding hydrogens is 274 g/mol. The van der Waals surface area contributed by atoms with Crippen LogP contribution in [-0.4, -0.2) is 41.1 Å². The molecule has 0 saturated carbocycles. The van der Waals surface area contributed by atoms with Gasteiger partial charge in [-0.3, -0.25) is 9.69 Å². The van der Waals surface area contributed by atoms with E-state index in [0.717, 1.165) is 0 Å². The van der Waals surface area contributed by atoms with E-state index < -0.39 is 29.7 Å². The van der Waals surface area contributed by atoms with Gasteiger partial charge in [0, 0.05) is 6.54 Å². The largest absolute Gasteiger partial charge is 0.444 e. The molecule has 0 N–H and O–H groups in total. The SMILES string of the molecule is CCC(C)C(=O)OC(=O)C1CCCN1C(=O)OC(C)(C)C. The molecule has 0 aromatic carbocycles. The first-order valence-corrected chi connectivity index (χ1v) is 7.41. The molecule has 0 aromatic rings. The van der Waals surface area contributed by atoms with E-state index in [1.807, 2.05) is 6.92 Å². The number of carbonyl (C=O) groups is 3. The predicted octanol–water partition coefficient (Wildman–Crippen LogP) is 2.50. The van der Waals surface area contributed by atoms with Crippen molar-refractivity contribution in [3.63, 3.8) is 0 Å². The number of esters is 2. The first-order chi connectivity index (χ1) is 9.65. The van der Waals surface area contributed by atoms with Gasteiger partial charge in [-0.2, -0.15) is 0 Å². The molecule has 1 rings (SSSR count). The standard InChI is InChI=1S/C15H25NO5/c1-6-10(2)12(17)20-13(18)11-8-7-9-16(11)14(19)21-15(3,4)5/h10-11H,6-9H2,1-5H3. The second-order valence-corrected chi connectivity index (χ2v) is 6.38. The Balaban J connectivity index is 2.66. The Morgan fingerprint density at radius 3 is 2.43 bits per heavy atom. The highest BCUT2D eigenvalue weighted by atomic mass is 16.6. The molecule has 1 amide bonds. The zero-order chi connectivity index (χ0) is 16.2. The van der Waals surface area contributed by atoms with Crippen LogP contribution < -0.4 is 0 Å². The van der Waals surface area contributed by atoms with E-state index in [1.54, 1.807) is 27.7 Å². The maximum atomic E-state index is 12.1. The smallest absolute Gasteiger partial charge is 0.411 e. The molecule has 120 valence electrons. The summed E-state index contributed by atoms with van der Waals surface area (Å²) < 4.78 is 10.1. The van der Waals surface area contributed by atoms with E-state index in [1.165, 1.54) is 4.90 Å². The van der Waals surface area contributed by atoms with Gasteiger partial charge in [0.05, 0.1) is 5.92 Å². The van der Waals surface area contributed by atoms with E-state index in [-0.39, 0.29) is 5.92 Å². The molecule has 1 heterocycles. The molecule has 6 nitrogen and oxygen atoms in total. The van der Waals surface area contributed by atoms with Crippen LogP contribution in [0.3, 0.4) is 0 Å². The highest BCUT2D eigenvalue weighted by molar-refractivity contribution is 5.91. The van der Waals surface area contributed by atoms with Gasteiger partial charge in [0.1, 0.15) is 11.6 Å². The fourth-order valence-electron chi connectivity index (χ4n) is 1.99. The molecule has 21 heavy (non-hydrogen) atoms. The summed E-state index contributed by atoms with van der Waals surface area (Å²) in [6.45, 7) is 9.28. The average molecular weight is 299 g/mol. The summed E-state index contributed by atoms with van der Waals surface area (Å²) in [6.07, 6.45) is 1.24. The van der Waals surface area contributed by atoms with Gasteiger partial charge in [-0.15, -0.1) is 0 Å². The highest BCUT2D eigenvalue weighted by Crippen LogP contribution is 2.22. The number of amides is 1. The number of hydrogen-bond acceptors (Lipinski definition) is 5. The van der Waals surface area contributed by atoms with Crippen molar-refractivity contribution in [2.75, 3.05) is 6.54 Å². The van der Waals surface area contributed by atoms with Crippen molar-refractivity contribution >= 4 is 18.0 Å². The molecule has 0 spiro atoms. The van der Waals surface area contributed by atoms with Crippen LogP contribution in [0.5, 0.6) is 0 Å². The van der Waals surface area contributed by atoms with E-state index >= 15 is 0 Å². The van der Waals surface area contributed by atoms with Crippen LogP contribution in [0, 0.1) is 5.92 Å². The quantitative estimate of drug-likeness (QED) is 0.591. The molecule has 0 aliphatic carbocycles. The minimum absolute atomic E-state index is 0.328. The van der Waals surface area contributed by atoms with Crippen molar-refractivity contribution < 1.29 is 23.9 Å². The fraction of sp³-hybridized carbons (Fsp3) is 0.800. The Bertz CT molecular complexity index is 413. The average Bonchev–Trinajstić information content (AvgIpc) is 2.84.